The first-order valence-electron chi connectivity index (χ1n) is 10.2. The molecule has 0 spiro atoms. The summed E-state index contributed by atoms with van der Waals surface area (Å²) in [6.45, 7) is 1.98. The molecule has 30 heavy (non-hydrogen) atoms. The standard InChI is InChI=1S/C22H26N4O4/c1-29-18-7-4-6-17(14-18)15-24(16-19-8-5-13-30-19)21(27)10-12-26-22(28)25-11-3-2-9-20(25)23-26/h2-4,6-7,9,11,14,19H,5,8,10,12-13,15-16H2,1H3. The van der Waals surface area contributed by atoms with Crippen LogP contribution in [0.15, 0.2) is 53.5 Å². The van der Waals surface area contributed by atoms with Crippen molar-refractivity contribution < 1.29 is 14.3 Å². The number of hydrogen-bond donors (Lipinski definition) is 0. The van der Waals surface area contributed by atoms with Gasteiger partial charge >= 0.3 is 5.69 Å². The average Bonchev–Trinajstić information content (AvgIpc) is 3.40. The van der Waals surface area contributed by atoms with Crippen molar-refractivity contribution >= 4 is 11.6 Å². The summed E-state index contributed by atoms with van der Waals surface area (Å²) in [5, 5.41) is 4.31. The molecule has 1 atom stereocenters. The van der Waals surface area contributed by atoms with Gasteiger partial charge in [-0.2, -0.15) is 0 Å². The third kappa shape index (κ3) is 4.54. The minimum absolute atomic E-state index is 0.0303. The number of pyridine rings is 1. The van der Waals surface area contributed by atoms with Crippen LogP contribution in [-0.4, -0.2) is 51.4 Å². The summed E-state index contributed by atoms with van der Waals surface area (Å²) in [6.07, 6.45) is 3.89. The summed E-state index contributed by atoms with van der Waals surface area (Å²) in [7, 11) is 1.63. The van der Waals surface area contributed by atoms with Gasteiger partial charge in [-0.25, -0.2) is 9.48 Å². The number of benzene rings is 1. The first kappa shape index (κ1) is 20.2. The lowest BCUT2D eigenvalue weighted by molar-refractivity contribution is -0.133. The van der Waals surface area contributed by atoms with E-state index in [0.717, 1.165) is 30.8 Å². The molecule has 0 saturated carbocycles. The third-order valence-electron chi connectivity index (χ3n) is 5.33. The van der Waals surface area contributed by atoms with Gasteiger partial charge in [0.25, 0.3) is 0 Å². The average molecular weight is 410 g/mol. The highest BCUT2D eigenvalue weighted by Gasteiger charge is 2.23. The fourth-order valence-electron chi connectivity index (χ4n) is 3.75. The molecule has 1 aromatic carbocycles. The van der Waals surface area contributed by atoms with Gasteiger partial charge in [-0.05, 0) is 42.7 Å². The minimum Gasteiger partial charge on any atom is -0.497 e. The van der Waals surface area contributed by atoms with Gasteiger partial charge in [0.2, 0.25) is 5.91 Å². The summed E-state index contributed by atoms with van der Waals surface area (Å²) in [5.41, 5.74) is 1.32. The van der Waals surface area contributed by atoms with Gasteiger partial charge in [0.1, 0.15) is 5.75 Å². The SMILES string of the molecule is COc1cccc(CN(CC2CCCO2)C(=O)CCn2nc3ccccn3c2=O)c1. The van der Waals surface area contributed by atoms with Gasteiger partial charge in [-0.3, -0.25) is 9.20 Å². The van der Waals surface area contributed by atoms with Crippen molar-refractivity contribution in [2.45, 2.75) is 38.5 Å². The normalized spacial score (nSPS) is 16.1. The molecule has 8 heteroatoms. The topological polar surface area (TPSA) is 78.1 Å². The Morgan fingerprint density at radius 3 is 2.97 bits per heavy atom. The number of hydrogen-bond acceptors (Lipinski definition) is 5. The Kier molecular flexibility index (Phi) is 6.13. The molecule has 0 bridgehead atoms. The maximum Gasteiger partial charge on any atom is 0.350 e. The molecular weight excluding hydrogens is 384 g/mol. The minimum atomic E-state index is -0.239. The van der Waals surface area contributed by atoms with Gasteiger partial charge in [-0.1, -0.05) is 18.2 Å². The summed E-state index contributed by atoms with van der Waals surface area (Å²) < 4.78 is 13.9. The van der Waals surface area contributed by atoms with Crippen molar-refractivity contribution in [3.63, 3.8) is 0 Å². The number of methoxy groups -OCH3 is 1. The van der Waals surface area contributed by atoms with E-state index < -0.39 is 0 Å². The highest BCUT2D eigenvalue weighted by atomic mass is 16.5. The lowest BCUT2D eigenvalue weighted by Gasteiger charge is -2.26. The highest BCUT2D eigenvalue weighted by Crippen LogP contribution is 2.18. The number of rotatable bonds is 8. The number of amides is 1. The quantitative estimate of drug-likeness (QED) is 0.568. The third-order valence-corrected chi connectivity index (χ3v) is 5.33. The highest BCUT2D eigenvalue weighted by molar-refractivity contribution is 5.76. The van der Waals surface area contributed by atoms with Crippen molar-refractivity contribution in [3.8, 4) is 5.75 Å². The summed E-state index contributed by atoms with van der Waals surface area (Å²) >= 11 is 0. The monoisotopic (exact) mass is 410 g/mol. The number of aromatic nitrogens is 3. The molecule has 4 rings (SSSR count). The molecule has 1 aliphatic rings. The zero-order valence-electron chi connectivity index (χ0n) is 17.1. The van der Waals surface area contributed by atoms with Crippen molar-refractivity contribution in [2.75, 3.05) is 20.3 Å². The van der Waals surface area contributed by atoms with Crippen LogP contribution in [0.1, 0.15) is 24.8 Å². The van der Waals surface area contributed by atoms with Crippen LogP contribution in [0.25, 0.3) is 5.65 Å². The van der Waals surface area contributed by atoms with E-state index in [2.05, 4.69) is 5.10 Å². The second-order valence-electron chi connectivity index (χ2n) is 7.45. The van der Waals surface area contributed by atoms with Gasteiger partial charge in [0.15, 0.2) is 5.65 Å². The van der Waals surface area contributed by atoms with E-state index in [9.17, 15) is 9.59 Å². The van der Waals surface area contributed by atoms with Gasteiger partial charge in [0.05, 0.1) is 19.8 Å². The number of carbonyl (C=O) groups is 1. The molecule has 8 nitrogen and oxygen atoms in total. The van der Waals surface area contributed by atoms with Crippen molar-refractivity contribution in [3.05, 3.63) is 64.7 Å². The lowest BCUT2D eigenvalue weighted by Crippen LogP contribution is -2.37. The van der Waals surface area contributed by atoms with Crippen molar-refractivity contribution in [1.29, 1.82) is 0 Å². The van der Waals surface area contributed by atoms with Crippen LogP contribution in [0.2, 0.25) is 0 Å². The molecule has 0 aliphatic carbocycles. The van der Waals surface area contributed by atoms with E-state index in [4.69, 9.17) is 9.47 Å². The fraction of sp³-hybridized carbons (Fsp3) is 0.409. The number of fused-ring (bicyclic) bond motifs is 1. The molecule has 1 amide bonds. The maximum atomic E-state index is 13.1. The first-order valence-corrected chi connectivity index (χ1v) is 10.2. The van der Waals surface area contributed by atoms with Crippen molar-refractivity contribution in [2.24, 2.45) is 0 Å². The van der Waals surface area contributed by atoms with Crippen molar-refractivity contribution in [1.82, 2.24) is 19.1 Å². The molecule has 3 aromatic rings. The summed E-state index contributed by atoms with van der Waals surface area (Å²) in [5.74, 6) is 0.727. The number of ether oxygens (including phenoxy) is 2. The van der Waals surface area contributed by atoms with Crippen LogP contribution in [0.5, 0.6) is 5.75 Å². The number of nitrogens with zero attached hydrogens (tertiary/aromatic N) is 4. The zero-order valence-corrected chi connectivity index (χ0v) is 17.1. The Labute approximate surface area is 174 Å². The zero-order chi connectivity index (χ0) is 20.9. The first-order chi connectivity index (χ1) is 14.6. The van der Waals surface area contributed by atoms with E-state index in [1.165, 1.54) is 9.08 Å². The Hall–Kier alpha value is -3.13. The Morgan fingerprint density at radius 2 is 2.20 bits per heavy atom. The number of carbonyl (C=O) groups excluding carboxylic acids is 1. The molecule has 1 saturated heterocycles. The van der Waals surface area contributed by atoms with Crippen LogP contribution in [0.4, 0.5) is 0 Å². The summed E-state index contributed by atoms with van der Waals surface area (Å²) in [4.78, 5) is 27.3. The van der Waals surface area contributed by atoms with E-state index in [1.54, 1.807) is 25.4 Å². The second kappa shape index (κ2) is 9.13. The van der Waals surface area contributed by atoms with Crippen LogP contribution in [0, 0.1) is 0 Å². The molecule has 0 radical (unpaired) electrons. The lowest BCUT2D eigenvalue weighted by atomic mass is 10.1. The predicted molar refractivity (Wildman–Crippen MR) is 111 cm³/mol. The van der Waals surface area contributed by atoms with E-state index in [1.807, 2.05) is 35.2 Å². The van der Waals surface area contributed by atoms with Gasteiger partial charge in [0, 0.05) is 32.3 Å². The molecule has 1 unspecified atom stereocenters. The molecule has 1 aliphatic heterocycles. The molecule has 0 N–H and O–H groups in total. The van der Waals surface area contributed by atoms with Crippen LogP contribution < -0.4 is 10.4 Å². The Balaban J connectivity index is 1.47. The molecule has 1 fully saturated rings. The fourth-order valence-corrected chi connectivity index (χ4v) is 3.75. The van der Waals surface area contributed by atoms with Crippen LogP contribution in [-0.2, 0) is 22.6 Å². The number of aryl methyl sites for hydroxylation is 1. The Bertz CT molecular complexity index is 1070. The van der Waals surface area contributed by atoms with Crippen LogP contribution in [0.3, 0.4) is 0 Å². The largest absolute Gasteiger partial charge is 0.497 e. The molecule has 2 aromatic heterocycles. The van der Waals surface area contributed by atoms with E-state index >= 15 is 0 Å². The van der Waals surface area contributed by atoms with Crippen LogP contribution >= 0.6 is 0 Å². The predicted octanol–water partition coefficient (Wildman–Crippen LogP) is 2.10. The van der Waals surface area contributed by atoms with E-state index in [-0.39, 0.29) is 30.7 Å². The Morgan fingerprint density at radius 1 is 1.30 bits per heavy atom. The van der Waals surface area contributed by atoms with Gasteiger partial charge in [-0.15, -0.1) is 5.10 Å². The second-order valence-corrected chi connectivity index (χ2v) is 7.45. The molecular formula is C22H26N4O4. The van der Waals surface area contributed by atoms with Gasteiger partial charge < -0.3 is 14.4 Å². The van der Waals surface area contributed by atoms with E-state index in [0.29, 0.717) is 18.7 Å². The molecule has 3 heterocycles. The smallest absolute Gasteiger partial charge is 0.350 e. The summed E-state index contributed by atoms with van der Waals surface area (Å²) in [6, 6.07) is 13.1. The molecule has 158 valence electrons. The maximum absolute atomic E-state index is 13.1.